The van der Waals surface area contributed by atoms with E-state index in [1.165, 1.54) is 18.3 Å². The van der Waals surface area contributed by atoms with Crippen LogP contribution in [0.1, 0.15) is 12.5 Å². The molecule has 0 atom stereocenters. The van der Waals surface area contributed by atoms with Crippen molar-refractivity contribution in [3.63, 3.8) is 0 Å². The number of non-ortho nitro benzene ring substituents is 1. The number of fused-ring (bicyclic) bond motifs is 1. The summed E-state index contributed by atoms with van der Waals surface area (Å²) in [5.41, 5.74) is 0.599. The molecule has 0 aliphatic carbocycles. The van der Waals surface area contributed by atoms with E-state index in [1.54, 1.807) is 37.3 Å². The number of rotatable bonds is 5. The van der Waals surface area contributed by atoms with E-state index in [1.807, 2.05) is 6.07 Å². The van der Waals surface area contributed by atoms with Crippen molar-refractivity contribution in [2.45, 2.75) is 6.92 Å². The maximum Gasteiger partial charge on any atom is 0.274 e. The fourth-order valence-electron chi connectivity index (χ4n) is 2.53. The molecule has 0 spiro atoms. The van der Waals surface area contributed by atoms with Gasteiger partial charge >= 0.3 is 0 Å². The molecule has 7 heteroatoms. The Morgan fingerprint density at radius 3 is 2.58 bits per heavy atom. The quantitative estimate of drug-likeness (QED) is 0.404. The largest absolute Gasteiger partial charge is 0.508 e. The third-order valence-electron chi connectivity index (χ3n) is 3.76. The lowest BCUT2D eigenvalue weighted by atomic mass is 10.1. The van der Waals surface area contributed by atoms with Crippen LogP contribution in [0.25, 0.3) is 10.8 Å². The molecule has 0 fully saturated rings. The molecule has 0 saturated heterocycles. The molecule has 0 unspecified atom stereocenters. The Morgan fingerprint density at radius 2 is 1.85 bits per heavy atom. The summed E-state index contributed by atoms with van der Waals surface area (Å²) in [5, 5.41) is 32.6. The Kier molecular flexibility index (Phi) is 4.70. The lowest BCUT2D eigenvalue weighted by molar-refractivity contribution is -0.385. The maximum absolute atomic E-state index is 11.1. The molecule has 0 saturated carbocycles. The van der Waals surface area contributed by atoms with E-state index in [4.69, 9.17) is 4.74 Å². The minimum atomic E-state index is -0.554. The molecule has 0 aliphatic heterocycles. The predicted octanol–water partition coefficient (Wildman–Crippen LogP) is 4.31. The number of nitro benzene ring substituents is 1. The number of hydrogen-bond donors (Lipinski definition) is 2. The number of ether oxygens (including phenoxy) is 1. The maximum atomic E-state index is 11.1. The Hall–Kier alpha value is -3.61. The van der Waals surface area contributed by atoms with E-state index in [0.717, 1.165) is 10.8 Å². The van der Waals surface area contributed by atoms with Crippen LogP contribution in [-0.4, -0.2) is 28.0 Å². The van der Waals surface area contributed by atoms with E-state index in [-0.39, 0.29) is 35.1 Å². The molecule has 0 aromatic heterocycles. The van der Waals surface area contributed by atoms with Gasteiger partial charge in [0.1, 0.15) is 5.75 Å². The minimum absolute atomic E-state index is 0.0390. The van der Waals surface area contributed by atoms with E-state index < -0.39 is 4.92 Å². The van der Waals surface area contributed by atoms with Crippen molar-refractivity contribution in [2.75, 3.05) is 6.61 Å². The lowest BCUT2D eigenvalue weighted by Crippen LogP contribution is -1.97. The van der Waals surface area contributed by atoms with Crippen LogP contribution >= 0.6 is 0 Å². The van der Waals surface area contributed by atoms with E-state index in [9.17, 15) is 20.3 Å². The van der Waals surface area contributed by atoms with E-state index >= 15 is 0 Å². The second-order valence-electron chi connectivity index (χ2n) is 5.55. The lowest BCUT2D eigenvalue weighted by Gasteiger charge is -2.08. The van der Waals surface area contributed by atoms with Crippen molar-refractivity contribution in [1.29, 1.82) is 0 Å². The number of nitrogens with zero attached hydrogens (tertiary/aromatic N) is 2. The van der Waals surface area contributed by atoms with Gasteiger partial charge in [0, 0.05) is 17.8 Å². The van der Waals surface area contributed by atoms with Gasteiger partial charge in [-0.2, -0.15) is 0 Å². The first-order chi connectivity index (χ1) is 12.5. The second kappa shape index (κ2) is 7.10. The van der Waals surface area contributed by atoms with Crippen LogP contribution in [0.3, 0.4) is 0 Å². The minimum Gasteiger partial charge on any atom is -0.508 e. The van der Waals surface area contributed by atoms with Crippen LogP contribution in [-0.2, 0) is 0 Å². The Morgan fingerprint density at radius 1 is 1.12 bits per heavy atom. The molecule has 132 valence electrons. The zero-order chi connectivity index (χ0) is 18.7. The van der Waals surface area contributed by atoms with Gasteiger partial charge in [0.15, 0.2) is 11.5 Å². The molecule has 0 amide bonds. The number of phenolic OH excluding ortho intramolecular Hbond substituents is 2. The zero-order valence-corrected chi connectivity index (χ0v) is 13.9. The van der Waals surface area contributed by atoms with Crippen molar-refractivity contribution >= 4 is 28.4 Å². The zero-order valence-electron chi connectivity index (χ0n) is 13.9. The normalized spacial score (nSPS) is 11.1. The average Bonchev–Trinajstić information content (AvgIpc) is 2.62. The molecule has 3 rings (SSSR count). The molecule has 0 aliphatic rings. The van der Waals surface area contributed by atoms with Crippen molar-refractivity contribution in [2.24, 2.45) is 4.99 Å². The fraction of sp³-hybridized carbons (Fsp3) is 0.105. The summed E-state index contributed by atoms with van der Waals surface area (Å²) in [7, 11) is 0. The highest BCUT2D eigenvalue weighted by Gasteiger charge is 2.16. The molecule has 2 N–H and O–H groups in total. The van der Waals surface area contributed by atoms with Crippen LogP contribution < -0.4 is 4.74 Å². The number of phenols is 2. The van der Waals surface area contributed by atoms with Gasteiger partial charge in [-0.15, -0.1) is 0 Å². The first-order valence-electron chi connectivity index (χ1n) is 7.89. The molecular weight excluding hydrogens is 336 g/mol. The SMILES string of the molecule is CCOc1cc([N+](=O)[O-])cc(C=Nc2ccc3cc(O)ccc3c2)c1O. The number of hydrogen-bond acceptors (Lipinski definition) is 6. The molecule has 7 nitrogen and oxygen atoms in total. The Bertz CT molecular complexity index is 1010. The number of benzene rings is 3. The van der Waals surface area contributed by atoms with E-state index in [0.29, 0.717) is 5.69 Å². The van der Waals surface area contributed by atoms with Crippen LogP contribution in [0.4, 0.5) is 11.4 Å². The summed E-state index contributed by atoms with van der Waals surface area (Å²) in [6.45, 7) is 1.99. The van der Waals surface area contributed by atoms with Crippen molar-refractivity contribution < 1.29 is 19.9 Å². The van der Waals surface area contributed by atoms with Gasteiger partial charge in [0.2, 0.25) is 0 Å². The Labute approximate surface area is 149 Å². The monoisotopic (exact) mass is 352 g/mol. The summed E-state index contributed by atoms with van der Waals surface area (Å²) >= 11 is 0. The van der Waals surface area contributed by atoms with Crippen LogP contribution in [0, 0.1) is 10.1 Å². The topological polar surface area (TPSA) is 105 Å². The highest BCUT2D eigenvalue weighted by molar-refractivity contribution is 5.90. The molecular formula is C19H16N2O5. The number of aromatic hydroxyl groups is 2. The summed E-state index contributed by atoms with van der Waals surface area (Å²) in [5.74, 6) is 0.0165. The highest BCUT2D eigenvalue weighted by atomic mass is 16.6. The third-order valence-corrected chi connectivity index (χ3v) is 3.76. The molecule has 3 aromatic carbocycles. The van der Waals surface area contributed by atoms with Crippen LogP contribution in [0.15, 0.2) is 53.5 Å². The summed E-state index contributed by atoms with van der Waals surface area (Å²) in [6.07, 6.45) is 1.35. The first kappa shape index (κ1) is 17.2. The second-order valence-corrected chi connectivity index (χ2v) is 5.55. The number of nitro groups is 1. The van der Waals surface area contributed by atoms with Gasteiger partial charge in [-0.05, 0) is 42.0 Å². The molecule has 3 aromatic rings. The van der Waals surface area contributed by atoms with Gasteiger partial charge in [0.25, 0.3) is 5.69 Å². The molecule has 0 bridgehead atoms. The van der Waals surface area contributed by atoms with Crippen molar-refractivity contribution in [3.8, 4) is 17.2 Å². The fourth-order valence-corrected chi connectivity index (χ4v) is 2.53. The van der Waals surface area contributed by atoms with Gasteiger partial charge in [-0.1, -0.05) is 12.1 Å². The molecule has 26 heavy (non-hydrogen) atoms. The smallest absolute Gasteiger partial charge is 0.274 e. The van der Waals surface area contributed by atoms with Gasteiger partial charge in [-0.25, -0.2) is 0 Å². The summed E-state index contributed by atoms with van der Waals surface area (Å²) < 4.78 is 5.25. The van der Waals surface area contributed by atoms with Gasteiger partial charge in [0.05, 0.1) is 23.3 Å². The number of aliphatic imine (C=N–C) groups is 1. The molecule has 0 heterocycles. The predicted molar refractivity (Wildman–Crippen MR) is 98.8 cm³/mol. The molecule has 0 radical (unpaired) electrons. The van der Waals surface area contributed by atoms with E-state index in [2.05, 4.69) is 4.99 Å². The van der Waals surface area contributed by atoms with Crippen molar-refractivity contribution in [1.82, 2.24) is 0 Å². The first-order valence-corrected chi connectivity index (χ1v) is 7.89. The summed E-state index contributed by atoms with van der Waals surface area (Å²) in [6, 6.07) is 12.8. The van der Waals surface area contributed by atoms with Crippen LogP contribution in [0.2, 0.25) is 0 Å². The Balaban J connectivity index is 1.99. The van der Waals surface area contributed by atoms with Gasteiger partial charge in [-0.3, -0.25) is 15.1 Å². The summed E-state index contributed by atoms with van der Waals surface area (Å²) in [4.78, 5) is 14.8. The third kappa shape index (κ3) is 3.56. The van der Waals surface area contributed by atoms with Crippen LogP contribution in [0.5, 0.6) is 17.2 Å². The highest BCUT2D eigenvalue weighted by Crippen LogP contribution is 2.34. The average molecular weight is 352 g/mol. The van der Waals surface area contributed by atoms with Gasteiger partial charge < -0.3 is 14.9 Å². The van der Waals surface area contributed by atoms with Crippen molar-refractivity contribution in [3.05, 3.63) is 64.2 Å². The standard InChI is InChI=1S/C19H16N2O5/c1-2-26-18-10-16(21(24)25)8-14(19(18)23)11-20-15-5-3-13-9-17(22)6-4-12(13)7-15/h3-11,22-23H,2H2,1H3.